The van der Waals surface area contributed by atoms with E-state index >= 15 is 0 Å². The van der Waals surface area contributed by atoms with Crippen molar-refractivity contribution < 1.29 is 28.5 Å². The fraction of sp³-hybridized carbons (Fsp3) is 0.269. The number of rotatable bonds is 7. The Hall–Kier alpha value is -4.05. The molecule has 0 atom stereocenters. The lowest BCUT2D eigenvalue weighted by atomic mass is 10.1. The third-order valence-electron chi connectivity index (χ3n) is 5.62. The number of carbonyl (C=O) groups is 2. The number of nitrogens with zero attached hydrogens (tertiary/aromatic N) is 1. The number of ether oxygens (including phenoxy) is 4. The zero-order valence-corrected chi connectivity index (χ0v) is 21.4. The topological polar surface area (TPSA) is 105 Å². The third-order valence-corrected chi connectivity index (χ3v) is 6.75. The van der Waals surface area contributed by atoms with Crippen LogP contribution in [0.3, 0.4) is 0 Å². The standard InChI is InChI=1S/C26H26N2O7S/c1-6-35-21(29)13-28-25(31)20(12-15-10-18(32-3)23(34-5)19(11-15)33-4)36-26(28)22-16-9-14(2)7-8-17(16)27-24(22)30/h7-12H,6,13H2,1-5H3,(H,27,30)/b20-12-,26-22+. The van der Waals surface area contributed by atoms with Crippen molar-refractivity contribution in [2.24, 2.45) is 0 Å². The highest BCUT2D eigenvalue weighted by atomic mass is 32.1. The van der Waals surface area contributed by atoms with Crippen molar-refractivity contribution in [3.63, 3.8) is 0 Å². The molecule has 0 saturated carbocycles. The molecular weight excluding hydrogens is 484 g/mol. The molecule has 2 heterocycles. The number of hydrogen-bond acceptors (Lipinski definition) is 8. The fourth-order valence-corrected chi connectivity index (χ4v) is 5.18. The first-order valence-electron chi connectivity index (χ1n) is 11.1. The fourth-order valence-electron chi connectivity index (χ4n) is 4.01. The molecule has 188 valence electrons. The molecule has 10 heteroatoms. The molecular formula is C26H26N2O7S. The van der Waals surface area contributed by atoms with Crippen LogP contribution in [-0.2, 0) is 20.9 Å². The van der Waals surface area contributed by atoms with Crippen molar-refractivity contribution >= 4 is 40.5 Å². The Balaban J connectivity index is 2.01. The van der Waals surface area contributed by atoms with Crippen molar-refractivity contribution in [2.75, 3.05) is 33.3 Å². The zero-order valence-electron chi connectivity index (χ0n) is 20.6. The molecule has 0 saturated heterocycles. The van der Waals surface area contributed by atoms with Crippen LogP contribution >= 0.6 is 11.3 Å². The van der Waals surface area contributed by atoms with Crippen LogP contribution in [0.25, 0.3) is 11.6 Å². The van der Waals surface area contributed by atoms with E-state index in [4.69, 9.17) is 18.9 Å². The second-order valence-electron chi connectivity index (χ2n) is 7.95. The number of amides is 1. The normalized spacial score (nSPS) is 14.4. The van der Waals surface area contributed by atoms with Crippen molar-refractivity contribution in [1.29, 1.82) is 0 Å². The highest BCUT2D eigenvalue weighted by molar-refractivity contribution is 7.07. The van der Waals surface area contributed by atoms with E-state index < -0.39 is 11.5 Å². The molecule has 2 aromatic carbocycles. The molecule has 1 N–H and O–H groups in total. The van der Waals surface area contributed by atoms with E-state index in [-0.39, 0.29) is 19.1 Å². The highest BCUT2D eigenvalue weighted by Crippen LogP contribution is 2.38. The molecule has 1 aliphatic rings. The van der Waals surface area contributed by atoms with Gasteiger partial charge in [-0.1, -0.05) is 11.6 Å². The molecule has 0 unspecified atom stereocenters. The van der Waals surface area contributed by atoms with E-state index in [1.54, 1.807) is 25.1 Å². The number of aromatic nitrogens is 1. The summed E-state index contributed by atoms with van der Waals surface area (Å²) in [6.07, 6.45) is 1.66. The molecule has 1 amide bonds. The lowest BCUT2D eigenvalue weighted by Gasteiger charge is -2.12. The summed E-state index contributed by atoms with van der Waals surface area (Å²) in [4.78, 5) is 38.9. The smallest absolute Gasteiger partial charge is 0.326 e. The number of nitrogens with one attached hydrogen (secondary N) is 1. The Labute approximate surface area is 211 Å². The molecule has 0 bridgehead atoms. The molecule has 3 aromatic rings. The summed E-state index contributed by atoms with van der Waals surface area (Å²) in [5.41, 5.74) is 2.83. The van der Waals surface area contributed by atoms with E-state index in [9.17, 15) is 14.4 Å². The Bertz CT molecular complexity index is 1510. The minimum atomic E-state index is -0.568. The highest BCUT2D eigenvalue weighted by Gasteiger charge is 2.27. The van der Waals surface area contributed by atoms with Gasteiger partial charge in [-0.25, -0.2) is 0 Å². The summed E-state index contributed by atoms with van der Waals surface area (Å²) in [6, 6.07) is 9.02. The minimum absolute atomic E-state index is 0.177. The molecule has 0 radical (unpaired) electrons. The van der Waals surface area contributed by atoms with Gasteiger partial charge in [-0.15, -0.1) is 11.3 Å². The van der Waals surface area contributed by atoms with E-state index in [1.807, 2.05) is 25.1 Å². The van der Waals surface area contributed by atoms with Gasteiger partial charge in [0, 0.05) is 11.3 Å². The summed E-state index contributed by atoms with van der Waals surface area (Å²) in [5, 5.41) is 2.84. The van der Waals surface area contributed by atoms with Gasteiger partial charge in [-0.2, -0.15) is 0 Å². The predicted molar refractivity (Wildman–Crippen MR) is 136 cm³/mol. The lowest BCUT2D eigenvalue weighted by Crippen LogP contribution is -2.36. The molecule has 36 heavy (non-hydrogen) atoms. The maximum absolute atomic E-state index is 13.5. The van der Waals surface area contributed by atoms with Crippen molar-refractivity contribution in [2.45, 2.75) is 20.4 Å². The number of aryl methyl sites for hydroxylation is 1. The number of esters is 1. The van der Waals surface area contributed by atoms with Gasteiger partial charge >= 0.3 is 5.97 Å². The first-order valence-corrected chi connectivity index (χ1v) is 12.0. The van der Waals surface area contributed by atoms with Gasteiger partial charge in [0.2, 0.25) is 5.75 Å². The van der Waals surface area contributed by atoms with Crippen LogP contribution in [0.2, 0.25) is 0 Å². The SMILES string of the molecule is CCOC(=O)Cn1c(=O)/c(=C/c2cc(OC)c(OC)c(OC)c2)s/c1=C1/C(=O)Nc2ccc(C)cc21. The van der Waals surface area contributed by atoms with Crippen LogP contribution in [0.1, 0.15) is 23.6 Å². The molecule has 1 aromatic heterocycles. The van der Waals surface area contributed by atoms with Crippen LogP contribution in [0, 0.1) is 6.92 Å². The monoisotopic (exact) mass is 510 g/mol. The molecule has 0 fully saturated rings. The second kappa shape index (κ2) is 10.3. The van der Waals surface area contributed by atoms with E-state index in [1.165, 1.54) is 25.9 Å². The van der Waals surface area contributed by atoms with Crippen LogP contribution in [0.15, 0.2) is 35.1 Å². The molecule has 9 nitrogen and oxygen atoms in total. The van der Waals surface area contributed by atoms with Crippen LogP contribution in [0.4, 0.5) is 5.69 Å². The number of fused-ring (bicyclic) bond motifs is 1. The summed E-state index contributed by atoms with van der Waals surface area (Å²) in [7, 11) is 4.52. The van der Waals surface area contributed by atoms with Gasteiger partial charge < -0.3 is 24.3 Å². The average molecular weight is 511 g/mol. The maximum Gasteiger partial charge on any atom is 0.326 e. The minimum Gasteiger partial charge on any atom is -0.493 e. The van der Waals surface area contributed by atoms with Crippen LogP contribution < -0.4 is 34.3 Å². The molecule has 0 spiro atoms. The van der Waals surface area contributed by atoms with Crippen LogP contribution in [0.5, 0.6) is 17.2 Å². The van der Waals surface area contributed by atoms with Gasteiger partial charge in [-0.05, 0) is 49.8 Å². The molecule has 0 aliphatic carbocycles. The number of methoxy groups -OCH3 is 3. The summed E-state index contributed by atoms with van der Waals surface area (Å²) < 4.78 is 23.3. The Morgan fingerprint density at radius 3 is 2.36 bits per heavy atom. The lowest BCUT2D eigenvalue weighted by molar-refractivity contribution is -0.143. The Morgan fingerprint density at radius 2 is 1.75 bits per heavy atom. The number of anilines is 1. The maximum atomic E-state index is 13.5. The largest absolute Gasteiger partial charge is 0.493 e. The summed E-state index contributed by atoms with van der Waals surface area (Å²) in [5.74, 6) is 0.380. The second-order valence-corrected chi connectivity index (χ2v) is 8.98. The quantitative estimate of drug-likeness (QED) is 0.483. The van der Waals surface area contributed by atoms with Crippen molar-refractivity contribution in [1.82, 2.24) is 4.57 Å². The number of thiazole rings is 1. The van der Waals surface area contributed by atoms with Crippen LogP contribution in [-0.4, -0.2) is 44.4 Å². The van der Waals surface area contributed by atoms with Gasteiger partial charge in [0.05, 0.1) is 38.0 Å². The van der Waals surface area contributed by atoms with E-state index in [0.717, 1.165) is 16.9 Å². The number of carbonyl (C=O) groups excluding carboxylic acids is 2. The average Bonchev–Trinajstić information content (AvgIpc) is 3.33. The molecule has 1 aliphatic heterocycles. The van der Waals surface area contributed by atoms with E-state index in [0.29, 0.717) is 48.8 Å². The van der Waals surface area contributed by atoms with Crippen molar-refractivity contribution in [3.05, 3.63) is 66.6 Å². The number of hydrogen-bond donors (Lipinski definition) is 1. The Morgan fingerprint density at radius 1 is 1.06 bits per heavy atom. The number of benzene rings is 2. The van der Waals surface area contributed by atoms with Gasteiger partial charge in [-0.3, -0.25) is 19.0 Å². The predicted octanol–water partition coefficient (Wildman–Crippen LogP) is 1.79. The van der Waals surface area contributed by atoms with Gasteiger partial charge in [0.25, 0.3) is 11.5 Å². The van der Waals surface area contributed by atoms with Gasteiger partial charge in [0.1, 0.15) is 11.2 Å². The summed E-state index contributed by atoms with van der Waals surface area (Å²) in [6.45, 7) is 3.47. The van der Waals surface area contributed by atoms with Crippen molar-refractivity contribution in [3.8, 4) is 17.2 Å². The molecule has 4 rings (SSSR count). The first-order chi connectivity index (χ1) is 17.3. The van der Waals surface area contributed by atoms with Gasteiger partial charge in [0.15, 0.2) is 11.5 Å². The third kappa shape index (κ3) is 4.59. The Kier molecular flexibility index (Phi) is 7.16. The first kappa shape index (κ1) is 25.1. The van der Waals surface area contributed by atoms with E-state index in [2.05, 4.69) is 5.32 Å². The summed E-state index contributed by atoms with van der Waals surface area (Å²) >= 11 is 1.12. The zero-order chi connectivity index (χ0) is 26.0.